The molecule has 2 rings (SSSR count). The van der Waals surface area contributed by atoms with Gasteiger partial charge in [-0.05, 0) is 17.7 Å². The Balaban J connectivity index is 2.19. The van der Waals surface area contributed by atoms with Gasteiger partial charge in [0.15, 0.2) is 18.1 Å². The molecule has 0 radical (unpaired) electrons. The lowest BCUT2D eigenvalue weighted by atomic mass is 10.2. The van der Waals surface area contributed by atoms with Crippen LogP contribution in [0.5, 0.6) is 11.5 Å². The number of ether oxygens (including phenoxy) is 2. The number of benzene rings is 1. The Bertz CT molecular complexity index is 571. The molecule has 0 atom stereocenters. The van der Waals surface area contributed by atoms with Gasteiger partial charge in [-0.3, -0.25) is 0 Å². The standard InChI is InChI=1S/C12H14ClN3O3/c1-7-15-16-11(19-7)6-18-12-9(13)3-8(5-14)4-10(12)17-2/h3-4H,5-6,14H2,1-2H3. The van der Waals surface area contributed by atoms with Crippen LogP contribution in [-0.2, 0) is 13.2 Å². The molecule has 7 heteroatoms. The molecule has 0 unspecified atom stereocenters. The van der Waals surface area contributed by atoms with Crippen LogP contribution in [-0.4, -0.2) is 17.3 Å². The van der Waals surface area contributed by atoms with E-state index in [0.29, 0.717) is 34.8 Å². The third kappa shape index (κ3) is 3.15. The topological polar surface area (TPSA) is 83.4 Å². The molecule has 0 spiro atoms. The van der Waals surface area contributed by atoms with E-state index in [-0.39, 0.29) is 6.61 Å². The average Bonchev–Trinajstić information content (AvgIpc) is 2.82. The maximum Gasteiger partial charge on any atom is 0.253 e. The fraction of sp³-hybridized carbons (Fsp3) is 0.333. The average molecular weight is 284 g/mol. The van der Waals surface area contributed by atoms with E-state index in [1.54, 1.807) is 19.1 Å². The summed E-state index contributed by atoms with van der Waals surface area (Å²) in [6.45, 7) is 2.21. The van der Waals surface area contributed by atoms with Crippen molar-refractivity contribution in [3.63, 3.8) is 0 Å². The number of nitrogens with zero attached hydrogens (tertiary/aromatic N) is 2. The Labute approximate surface area is 115 Å². The summed E-state index contributed by atoms with van der Waals surface area (Å²) in [6, 6.07) is 3.51. The first kappa shape index (κ1) is 13.6. The van der Waals surface area contributed by atoms with E-state index in [9.17, 15) is 0 Å². The number of hydrogen-bond acceptors (Lipinski definition) is 6. The van der Waals surface area contributed by atoms with E-state index >= 15 is 0 Å². The number of aromatic nitrogens is 2. The summed E-state index contributed by atoms with van der Waals surface area (Å²) in [5, 5.41) is 7.97. The van der Waals surface area contributed by atoms with Crippen LogP contribution in [0.3, 0.4) is 0 Å². The third-order valence-corrected chi connectivity index (χ3v) is 2.71. The maximum absolute atomic E-state index is 6.14. The van der Waals surface area contributed by atoms with Gasteiger partial charge in [0.1, 0.15) is 0 Å². The van der Waals surface area contributed by atoms with Gasteiger partial charge >= 0.3 is 0 Å². The molecule has 0 fully saturated rings. The molecule has 1 aromatic heterocycles. The molecular formula is C12H14ClN3O3. The SMILES string of the molecule is COc1cc(CN)cc(Cl)c1OCc1nnc(C)o1. The number of nitrogens with two attached hydrogens (primary N) is 1. The molecule has 0 amide bonds. The summed E-state index contributed by atoms with van der Waals surface area (Å²) in [5.74, 6) is 1.80. The molecule has 19 heavy (non-hydrogen) atoms. The van der Waals surface area contributed by atoms with Crippen LogP contribution in [0.4, 0.5) is 0 Å². The van der Waals surface area contributed by atoms with Gasteiger partial charge in [-0.15, -0.1) is 10.2 Å². The van der Waals surface area contributed by atoms with Gasteiger partial charge in [0.05, 0.1) is 12.1 Å². The zero-order valence-electron chi connectivity index (χ0n) is 10.6. The highest BCUT2D eigenvalue weighted by Crippen LogP contribution is 2.36. The summed E-state index contributed by atoms with van der Waals surface area (Å²) in [4.78, 5) is 0. The Hall–Kier alpha value is -1.79. The largest absolute Gasteiger partial charge is 0.493 e. The predicted molar refractivity (Wildman–Crippen MR) is 69.3 cm³/mol. The fourth-order valence-electron chi connectivity index (χ4n) is 1.56. The smallest absolute Gasteiger partial charge is 0.253 e. The van der Waals surface area contributed by atoms with Crippen LogP contribution in [0.1, 0.15) is 17.3 Å². The van der Waals surface area contributed by atoms with Gasteiger partial charge in [0.2, 0.25) is 5.89 Å². The molecule has 2 aromatic rings. The van der Waals surface area contributed by atoms with Gasteiger partial charge in [-0.1, -0.05) is 11.6 Å². The lowest BCUT2D eigenvalue weighted by molar-refractivity contribution is 0.248. The van der Waals surface area contributed by atoms with E-state index in [1.807, 2.05) is 0 Å². The predicted octanol–water partition coefficient (Wildman–Crippen LogP) is 2.08. The normalized spacial score (nSPS) is 10.5. The zero-order valence-corrected chi connectivity index (χ0v) is 11.4. The molecule has 0 aliphatic heterocycles. The van der Waals surface area contributed by atoms with Crippen LogP contribution in [0, 0.1) is 6.92 Å². The second kappa shape index (κ2) is 5.90. The van der Waals surface area contributed by atoms with Gasteiger partial charge in [0, 0.05) is 13.5 Å². The Kier molecular flexibility index (Phi) is 4.24. The van der Waals surface area contributed by atoms with Crippen molar-refractivity contribution >= 4 is 11.6 Å². The summed E-state index contributed by atoms with van der Waals surface area (Å²) < 4.78 is 16.0. The van der Waals surface area contributed by atoms with E-state index in [1.165, 1.54) is 7.11 Å². The van der Waals surface area contributed by atoms with E-state index in [4.69, 9.17) is 31.2 Å². The summed E-state index contributed by atoms with van der Waals surface area (Å²) in [6.07, 6.45) is 0. The molecule has 102 valence electrons. The molecule has 1 heterocycles. The molecular weight excluding hydrogens is 270 g/mol. The molecule has 0 saturated carbocycles. The van der Waals surface area contributed by atoms with Crippen molar-refractivity contribution in [2.45, 2.75) is 20.1 Å². The molecule has 0 aliphatic rings. The first-order valence-corrected chi connectivity index (χ1v) is 6.00. The first-order valence-electron chi connectivity index (χ1n) is 5.62. The molecule has 6 nitrogen and oxygen atoms in total. The van der Waals surface area contributed by atoms with Crippen molar-refractivity contribution in [2.24, 2.45) is 5.73 Å². The lowest BCUT2D eigenvalue weighted by Crippen LogP contribution is -2.02. The van der Waals surface area contributed by atoms with Gasteiger partial charge < -0.3 is 19.6 Å². The Morgan fingerprint density at radius 1 is 1.37 bits per heavy atom. The minimum absolute atomic E-state index is 0.124. The number of aryl methyl sites for hydroxylation is 1. The second-order valence-corrected chi connectivity index (χ2v) is 4.22. The minimum Gasteiger partial charge on any atom is -0.493 e. The van der Waals surface area contributed by atoms with Crippen molar-refractivity contribution in [3.05, 3.63) is 34.5 Å². The number of rotatable bonds is 5. The Morgan fingerprint density at radius 2 is 2.16 bits per heavy atom. The van der Waals surface area contributed by atoms with E-state index in [0.717, 1.165) is 5.56 Å². The van der Waals surface area contributed by atoms with Gasteiger partial charge in [0.25, 0.3) is 5.89 Å². The van der Waals surface area contributed by atoms with Crippen LogP contribution in [0.2, 0.25) is 5.02 Å². The summed E-state index contributed by atoms with van der Waals surface area (Å²) >= 11 is 6.14. The highest BCUT2D eigenvalue weighted by Gasteiger charge is 2.13. The van der Waals surface area contributed by atoms with Crippen molar-refractivity contribution in [1.82, 2.24) is 10.2 Å². The van der Waals surface area contributed by atoms with Crippen LogP contribution < -0.4 is 15.2 Å². The van der Waals surface area contributed by atoms with E-state index < -0.39 is 0 Å². The third-order valence-electron chi connectivity index (χ3n) is 2.43. The van der Waals surface area contributed by atoms with Crippen molar-refractivity contribution in [2.75, 3.05) is 7.11 Å². The van der Waals surface area contributed by atoms with Gasteiger partial charge in [-0.2, -0.15) is 0 Å². The molecule has 0 aliphatic carbocycles. The van der Waals surface area contributed by atoms with E-state index in [2.05, 4.69) is 10.2 Å². The Morgan fingerprint density at radius 3 is 2.74 bits per heavy atom. The monoisotopic (exact) mass is 283 g/mol. The van der Waals surface area contributed by atoms with Crippen molar-refractivity contribution in [1.29, 1.82) is 0 Å². The molecule has 0 bridgehead atoms. The highest BCUT2D eigenvalue weighted by atomic mass is 35.5. The molecule has 1 aromatic carbocycles. The number of hydrogen-bond donors (Lipinski definition) is 1. The zero-order chi connectivity index (χ0) is 13.8. The lowest BCUT2D eigenvalue weighted by Gasteiger charge is -2.12. The number of methoxy groups -OCH3 is 1. The van der Waals surface area contributed by atoms with Gasteiger partial charge in [-0.25, -0.2) is 0 Å². The van der Waals surface area contributed by atoms with Crippen LogP contribution in [0.15, 0.2) is 16.5 Å². The summed E-state index contributed by atoms with van der Waals surface area (Å²) in [7, 11) is 1.54. The fourth-order valence-corrected chi connectivity index (χ4v) is 1.85. The highest BCUT2D eigenvalue weighted by molar-refractivity contribution is 6.32. The minimum atomic E-state index is 0.124. The molecule has 2 N–H and O–H groups in total. The summed E-state index contributed by atoms with van der Waals surface area (Å²) in [5.41, 5.74) is 6.44. The number of halogens is 1. The molecule has 0 saturated heterocycles. The van der Waals surface area contributed by atoms with Crippen molar-refractivity contribution < 1.29 is 13.9 Å². The van der Waals surface area contributed by atoms with Crippen LogP contribution in [0.25, 0.3) is 0 Å². The quantitative estimate of drug-likeness (QED) is 0.904. The van der Waals surface area contributed by atoms with Crippen LogP contribution >= 0.6 is 11.6 Å². The maximum atomic E-state index is 6.14. The second-order valence-electron chi connectivity index (χ2n) is 3.82. The first-order chi connectivity index (χ1) is 9.13. The van der Waals surface area contributed by atoms with Crippen molar-refractivity contribution in [3.8, 4) is 11.5 Å².